The highest BCUT2D eigenvalue weighted by Gasteiger charge is 2.27. The van der Waals surface area contributed by atoms with Gasteiger partial charge in [-0.05, 0) is 19.5 Å². The van der Waals surface area contributed by atoms with Crippen molar-refractivity contribution < 1.29 is 13.2 Å². The summed E-state index contributed by atoms with van der Waals surface area (Å²) in [5.41, 5.74) is 0. The molecule has 0 heterocycles. The van der Waals surface area contributed by atoms with Crippen molar-refractivity contribution in [3.63, 3.8) is 0 Å². The summed E-state index contributed by atoms with van der Waals surface area (Å²) in [4.78, 5) is 1.81. The molecular weight excluding hydrogens is 191 g/mol. The fourth-order valence-corrected chi connectivity index (χ4v) is 1.03. The summed E-state index contributed by atoms with van der Waals surface area (Å²) >= 11 is 0. The Morgan fingerprint density at radius 2 is 1.50 bits per heavy atom. The van der Waals surface area contributed by atoms with Crippen LogP contribution in [0.3, 0.4) is 0 Å². The molecule has 0 rings (SSSR count). The van der Waals surface area contributed by atoms with E-state index < -0.39 is 12.6 Å². The molecule has 0 saturated heterocycles. The third-order valence-electron chi connectivity index (χ3n) is 1.70. The Morgan fingerprint density at radius 1 is 1.00 bits per heavy atom. The maximum Gasteiger partial charge on any atom is 0.390 e. The Kier molecular flexibility index (Phi) is 10.8. The molecule has 0 saturated carbocycles. The summed E-state index contributed by atoms with van der Waals surface area (Å²) in [6.45, 7) is 9.44. The van der Waals surface area contributed by atoms with Gasteiger partial charge in [-0.15, -0.1) is 0 Å². The Bertz CT molecular complexity index is 112. The van der Waals surface area contributed by atoms with Crippen LogP contribution in [0.4, 0.5) is 13.2 Å². The highest BCUT2D eigenvalue weighted by atomic mass is 19.4. The molecule has 0 atom stereocenters. The fourth-order valence-electron chi connectivity index (χ4n) is 1.03. The third-order valence-corrected chi connectivity index (χ3v) is 1.70. The molecule has 0 aliphatic heterocycles. The summed E-state index contributed by atoms with van der Waals surface area (Å²) in [6, 6.07) is 0. The second-order valence-electron chi connectivity index (χ2n) is 2.80. The van der Waals surface area contributed by atoms with Gasteiger partial charge in [0.1, 0.15) is 0 Å². The average molecular weight is 213 g/mol. The number of hydrogen-bond acceptors (Lipinski definition) is 1. The Hall–Kier alpha value is -0.250. The van der Waals surface area contributed by atoms with E-state index in [9.17, 15) is 13.2 Å². The summed E-state index contributed by atoms with van der Waals surface area (Å²) in [5.74, 6) is 0. The van der Waals surface area contributed by atoms with E-state index in [0.29, 0.717) is 6.54 Å². The van der Waals surface area contributed by atoms with Crippen LogP contribution >= 0.6 is 0 Å². The van der Waals surface area contributed by atoms with E-state index >= 15 is 0 Å². The first-order valence-corrected chi connectivity index (χ1v) is 5.28. The van der Waals surface area contributed by atoms with Crippen LogP contribution in [0.5, 0.6) is 0 Å². The van der Waals surface area contributed by atoms with Crippen LogP contribution in [-0.2, 0) is 0 Å². The van der Waals surface area contributed by atoms with Crippen LogP contribution in [0.15, 0.2) is 0 Å². The normalized spacial score (nSPS) is 11.1. The van der Waals surface area contributed by atoms with Crippen LogP contribution in [0.25, 0.3) is 0 Å². The molecule has 0 N–H and O–H groups in total. The topological polar surface area (TPSA) is 3.24 Å². The Morgan fingerprint density at radius 3 is 1.79 bits per heavy atom. The smallest absolute Gasteiger partial charge is 0.303 e. The van der Waals surface area contributed by atoms with Gasteiger partial charge >= 0.3 is 6.18 Å². The van der Waals surface area contributed by atoms with Crippen LogP contribution in [0.2, 0.25) is 0 Å². The van der Waals surface area contributed by atoms with Crippen molar-refractivity contribution in [3.8, 4) is 0 Å². The van der Waals surface area contributed by atoms with Crippen molar-refractivity contribution >= 4 is 0 Å². The lowest BCUT2D eigenvalue weighted by atomic mass is 10.3. The molecule has 14 heavy (non-hydrogen) atoms. The van der Waals surface area contributed by atoms with E-state index in [-0.39, 0.29) is 6.54 Å². The minimum atomic E-state index is -4.01. The zero-order chi connectivity index (χ0) is 11.6. The maximum absolute atomic E-state index is 11.8. The second kappa shape index (κ2) is 9.31. The minimum absolute atomic E-state index is 0.133. The quantitative estimate of drug-likeness (QED) is 0.673. The van der Waals surface area contributed by atoms with Crippen molar-refractivity contribution in [3.05, 3.63) is 0 Å². The van der Waals surface area contributed by atoms with Crippen LogP contribution < -0.4 is 0 Å². The van der Waals surface area contributed by atoms with Gasteiger partial charge < -0.3 is 4.90 Å². The molecular formula is C10H22F3N. The summed E-state index contributed by atoms with van der Waals surface area (Å²) in [6.07, 6.45) is -3.80. The molecule has 0 aromatic rings. The van der Waals surface area contributed by atoms with E-state index in [2.05, 4.69) is 0 Å². The molecule has 88 valence electrons. The second-order valence-corrected chi connectivity index (χ2v) is 2.80. The van der Waals surface area contributed by atoms with E-state index in [4.69, 9.17) is 0 Å². The van der Waals surface area contributed by atoms with Gasteiger partial charge in [-0.3, -0.25) is 0 Å². The standard InChI is InChI=1S/C8H16F3N.C2H6/c1-3-6-12(4-2)7-5-8(9,10)11;1-2/h3-7H2,1-2H3;1-2H3. The van der Waals surface area contributed by atoms with Gasteiger partial charge in [-0.1, -0.05) is 27.7 Å². The number of alkyl halides is 3. The van der Waals surface area contributed by atoms with Crippen LogP contribution in [0, 0.1) is 0 Å². The molecule has 0 radical (unpaired) electrons. The van der Waals surface area contributed by atoms with Gasteiger partial charge in [0, 0.05) is 6.54 Å². The third kappa shape index (κ3) is 11.8. The lowest BCUT2D eigenvalue weighted by Crippen LogP contribution is -2.28. The zero-order valence-electron chi connectivity index (χ0n) is 9.62. The monoisotopic (exact) mass is 213 g/mol. The zero-order valence-corrected chi connectivity index (χ0v) is 9.62. The first-order chi connectivity index (χ1) is 6.49. The number of rotatable bonds is 5. The number of halogens is 3. The molecule has 0 unspecified atom stereocenters. The lowest BCUT2D eigenvalue weighted by molar-refractivity contribution is -0.137. The number of hydrogen-bond donors (Lipinski definition) is 0. The van der Waals surface area contributed by atoms with E-state index in [0.717, 1.165) is 13.0 Å². The summed E-state index contributed by atoms with van der Waals surface area (Å²) in [7, 11) is 0. The van der Waals surface area contributed by atoms with Gasteiger partial charge in [-0.25, -0.2) is 0 Å². The van der Waals surface area contributed by atoms with Crippen molar-refractivity contribution in [2.45, 2.75) is 46.7 Å². The van der Waals surface area contributed by atoms with E-state index in [1.165, 1.54) is 0 Å². The molecule has 0 bridgehead atoms. The van der Waals surface area contributed by atoms with Gasteiger partial charge in [0.05, 0.1) is 6.42 Å². The SMILES string of the molecule is CC.CCCN(CC)CCC(F)(F)F. The summed E-state index contributed by atoms with van der Waals surface area (Å²) in [5, 5.41) is 0. The first-order valence-electron chi connectivity index (χ1n) is 5.28. The highest BCUT2D eigenvalue weighted by molar-refractivity contribution is 4.58. The lowest BCUT2D eigenvalue weighted by Gasteiger charge is -2.19. The average Bonchev–Trinajstić information content (AvgIpc) is 2.14. The van der Waals surface area contributed by atoms with Crippen LogP contribution in [-0.4, -0.2) is 30.7 Å². The van der Waals surface area contributed by atoms with Gasteiger partial charge in [-0.2, -0.15) is 13.2 Å². The van der Waals surface area contributed by atoms with Gasteiger partial charge in [0.2, 0.25) is 0 Å². The number of nitrogens with zero attached hydrogens (tertiary/aromatic N) is 1. The minimum Gasteiger partial charge on any atom is -0.303 e. The molecule has 0 fully saturated rings. The van der Waals surface area contributed by atoms with Crippen LogP contribution in [0.1, 0.15) is 40.5 Å². The molecule has 0 aromatic heterocycles. The molecule has 1 nitrogen and oxygen atoms in total. The fraction of sp³-hybridized carbons (Fsp3) is 1.00. The van der Waals surface area contributed by atoms with Crippen molar-refractivity contribution in [1.29, 1.82) is 0 Å². The maximum atomic E-state index is 11.8. The predicted octanol–water partition coefficient (Wildman–Crippen LogP) is 3.70. The Balaban J connectivity index is 0. The predicted molar refractivity (Wildman–Crippen MR) is 54.4 cm³/mol. The van der Waals surface area contributed by atoms with Crippen molar-refractivity contribution in [1.82, 2.24) is 4.90 Å². The van der Waals surface area contributed by atoms with Gasteiger partial charge in [0.15, 0.2) is 0 Å². The molecule has 0 aromatic carbocycles. The van der Waals surface area contributed by atoms with E-state index in [1.807, 2.05) is 32.6 Å². The first kappa shape index (κ1) is 16.2. The van der Waals surface area contributed by atoms with E-state index in [1.54, 1.807) is 0 Å². The summed E-state index contributed by atoms with van der Waals surface area (Å²) < 4.78 is 35.3. The van der Waals surface area contributed by atoms with Crippen molar-refractivity contribution in [2.75, 3.05) is 19.6 Å². The molecule has 0 aliphatic carbocycles. The molecule has 0 spiro atoms. The van der Waals surface area contributed by atoms with Crippen molar-refractivity contribution in [2.24, 2.45) is 0 Å². The van der Waals surface area contributed by atoms with Gasteiger partial charge in [0.25, 0.3) is 0 Å². The molecule has 0 amide bonds. The highest BCUT2D eigenvalue weighted by Crippen LogP contribution is 2.19. The molecule has 0 aliphatic rings. The largest absolute Gasteiger partial charge is 0.390 e. The Labute approximate surface area is 85.3 Å². The molecule has 4 heteroatoms.